The molecule has 1 fully saturated rings. The van der Waals surface area contributed by atoms with Crippen LogP contribution < -0.4 is 9.64 Å². The molecule has 0 unspecified atom stereocenters. The van der Waals surface area contributed by atoms with Crippen molar-refractivity contribution in [2.45, 2.75) is 42.5 Å². The van der Waals surface area contributed by atoms with Crippen molar-refractivity contribution in [3.8, 4) is 5.75 Å². The minimum absolute atomic E-state index is 0.0248. The summed E-state index contributed by atoms with van der Waals surface area (Å²) in [6.07, 6.45) is 0.718. The van der Waals surface area contributed by atoms with Crippen molar-refractivity contribution >= 4 is 57.3 Å². The molecule has 0 spiro atoms. The van der Waals surface area contributed by atoms with Crippen LogP contribution in [-0.2, 0) is 21.8 Å². The van der Waals surface area contributed by atoms with Crippen LogP contribution in [0, 0.1) is 6.92 Å². The van der Waals surface area contributed by atoms with Gasteiger partial charge >= 0.3 is 5.91 Å². The number of nitrogens with zero attached hydrogens (tertiary/aromatic N) is 3. The number of aryl methyl sites for hydroxylation is 1. The van der Waals surface area contributed by atoms with Crippen molar-refractivity contribution in [3.63, 3.8) is 0 Å². The minimum atomic E-state index is -0.926. The second-order valence-corrected chi connectivity index (χ2v) is 12.4. The zero-order chi connectivity index (χ0) is 28.0. The van der Waals surface area contributed by atoms with Crippen LogP contribution in [0.2, 0.25) is 5.02 Å². The van der Waals surface area contributed by atoms with Crippen molar-refractivity contribution in [1.29, 1.82) is 0 Å². The first-order valence-corrected chi connectivity index (χ1v) is 14.8. The quantitative estimate of drug-likeness (QED) is 0.0875. The zero-order valence-electron chi connectivity index (χ0n) is 21.6. The van der Waals surface area contributed by atoms with Gasteiger partial charge < -0.3 is 9.84 Å². The summed E-state index contributed by atoms with van der Waals surface area (Å²) in [6.45, 7) is 4.01. The van der Waals surface area contributed by atoms with Crippen LogP contribution in [0.4, 0.5) is 5.13 Å². The van der Waals surface area contributed by atoms with Gasteiger partial charge in [0.1, 0.15) is 17.6 Å². The Kier molecular flexibility index (Phi) is 7.12. The SMILES string of the molecule is Cc1ccc(CSc2nnc(N3C(=O)C(=O)C(=C(O)c4ccc5c(c4)C[C@H](C)O5)[C@@H]3c3cccc(Cl)c3)s2)cc1. The number of benzene rings is 3. The molecule has 2 atom stereocenters. The Hall–Kier alpha value is -3.66. The summed E-state index contributed by atoms with van der Waals surface area (Å²) in [5, 5.41) is 20.7. The molecule has 0 saturated carbocycles. The first kappa shape index (κ1) is 26.6. The molecule has 1 saturated heterocycles. The Bertz CT molecular complexity index is 1670. The predicted octanol–water partition coefficient (Wildman–Crippen LogP) is 6.74. The lowest BCUT2D eigenvalue weighted by Crippen LogP contribution is -2.29. The fourth-order valence-corrected chi connectivity index (χ4v) is 6.96. The number of aromatic nitrogens is 2. The Morgan fingerprint density at radius 3 is 2.70 bits per heavy atom. The Labute approximate surface area is 244 Å². The number of amides is 1. The second-order valence-electron chi connectivity index (χ2n) is 9.80. The largest absolute Gasteiger partial charge is 0.507 e. The molecule has 7 nitrogen and oxygen atoms in total. The van der Waals surface area contributed by atoms with E-state index in [1.54, 1.807) is 42.5 Å². The first-order chi connectivity index (χ1) is 19.3. The summed E-state index contributed by atoms with van der Waals surface area (Å²) in [4.78, 5) is 28.3. The maximum atomic E-state index is 13.5. The van der Waals surface area contributed by atoms with E-state index in [9.17, 15) is 14.7 Å². The van der Waals surface area contributed by atoms with Gasteiger partial charge in [-0.1, -0.05) is 76.7 Å². The number of rotatable bonds is 6. The third-order valence-corrected chi connectivity index (χ3v) is 9.23. The van der Waals surface area contributed by atoms with Crippen LogP contribution in [-0.4, -0.2) is 33.1 Å². The second kappa shape index (κ2) is 10.7. The molecule has 2 aliphatic heterocycles. The van der Waals surface area contributed by atoms with Crippen molar-refractivity contribution in [2.75, 3.05) is 4.90 Å². The molecule has 1 N–H and O–H groups in total. The van der Waals surface area contributed by atoms with Crippen LogP contribution in [0.25, 0.3) is 5.76 Å². The van der Waals surface area contributed by atoms with E-state index in [0.29, 0.717) is 32.7 Å². The monoisotopic (exact) mass is 589 g/mol. The van der Waals surface area contributed by atoms with Crippen LogP contribution >= 0.6 is 34.7 Å². The molecule has 40 heavy (non-hydrogen) atoms. The summed E-state index contributed by atoms with van der Waals surface area (Å²) in [7, 11) is 0. The number of aliphatic hydroxyl groups excluding tert-OH is 1. The molecule has 2 aliphatic rings. The van der Waals surface area contributed by atoms with Crippen molar-refractivity contribution in [1.82, 2.24) is 10.2 Å². The van der Waals surface area contributed by atoms with Gasteiger partial charge in [0.05, 0.1) is 11.6 Å². The fraction of sp³-hybridized carbons (Fsp3) is 0.200. The van der Waals surface area contributed by atoms with Crippen LogP contribution in [0.1, 0.15) is 40.8 Å². The van der Waals surface area contributed by atoms with E-state index in [-0.39, 0.29) is 22.6 Å². The molecular formula is C30H24ClN3O4S2. The molecule has 0 aliphatic carbocycles. The summed E-state index contributed by atoms with van der Waals surface area (Å²) in [5.74, 6) is -0.397. The molecule has 0 bridgehead atoms. The van der Waals surface area contributed by atoms with E-state index in [4.69, 9.17) is 16.3 Å². The smallest absolute Gasteiger partial charge is 0.301 e. The average molecular weight is 590 g/mol. The molecule has 0 radical (unpaired) electrons. The van der Waals surface area contributed by atoms with Crippen molar-refractivity contribution < 1.29 is 19.4 Å². The van der Waals surface area contributed by atoms with Crippen molar-refractivity contribution in [3.05, 3.63) is 105 Å². The average Bonchev–Trinajstić information content (AvgIpc) is 3.63. The van der Waals surface area contributed by atoms with E-state index in [1.165, 1.54) is 33.6 Å². The lowest BCUT2D eigenvalue weighted by molar-refractivity contribution is -0.132. The molecule has 1 aromatic heterocycles. The highest BCUT2D eigenvalue weighted by atomic mass is 35.5. The molecule has 3 aromatic carbocycles. The lowest BCUT2D eigenvalue weighted by Gasteiger charge is -2.22. The minimum Gasteiger partial charge on any atom is -0.507 e. The molecule has 202 valence electrons. The number of hydrogen-bond acceptors (Lipinski definition) is 8. The van der Waals surface area contributed by atoms with Crippen LogP contribution in [0.15, 0.2) is 76.6 Å². The normalized spacial score (nSPS) is 19.6. The Morgan fingerprint density at radius 2 is 1.93 bits per heavy atom. The highest BCUT2D eigenvalue weighted by Gasteiger charge is 2.48. The molecule has 6 rings (SSSR count). The maximum absolute atomic E-state index is 13.5. The third-order valence-electron chi connectivity index (χ3n) is 6.86. The number of thioether (sulfide) groups is 1. The number of Topliss-reactive ketones (excluding diaryl/α,β-unsaturated/α-hetero) is 1. The zero-order valence-corrected chi connectivity index (χ0v) is 24.0. The number of ether oxygens (including phenoxy) is 1. The van der Waals surface area contributed by atoms with Gasteiger partial charge in [-0.2, -0.15) is 0 Å². The van der Waals surface area contributed by atoms with Crippen molar-refractivity contribution in [2.24, 2.45) is 0 Å². The molecule has 1 amide bonds. The van der Waals surface area contributed by atoms with Gasteiger partial charge in [0, 0.05) is 22.8 Å². The third kappa shape index (κ3) is 5.00. The highest BCUT2D eigenvalue weighted by Crippen LogP contribution is 2.45. The Morgan fingerprint density at radius 1 is 1.12 bits per heavy atom. The maximum Gasteiger partial charge on any atom is 0.301 e. The van der Waals surface area contributed by atoms with E-state index in [0.717, 1.165) is 16.9 Å². The molecule has 3 heterocycles. The van der Waals surface area contributed by atoms with Gasteiger partial charge in [0.15, 0.2) is 4.34 Å². The number of halogens is 1. The van der Waals surface area contributed by atoms with Gasteiger partial charge in [-0.3, -0.25) is 14.5 Å². The number of fused-ring (bicyclic) bond motifs is 1. The van der Waals surface area contributed by atoms with Crippen LogP contribution in [0.5, 0.6) is 5.75 Å². The van der Waals surface area contributed by atoms with E-state index in [1.807, 2.05) is 13.8 Å². The van der Waals surface area contributed by atoms with Crippen LogP contribution in [0.3, 0.4) is 0 Å². The molecular weight excluding hydrogens is 566 g/mol. The predicted molar refractivity (Wildman–Crippen MR) is 157 cm³/mol. The molecule has 10 heteroatoms. The summed E-state index contributed by atoms with van der Waals surface area (Å²) >= 11 is 9.05. The number of ketones is 1. The lowest BCUT2D eigenvalue weighted by atomic mass is 9.94. The molecule has 4 aromatic rings. The summed E-state index contributed by atoms with van der Waals surface area (Å²) < 4.78 is 6.44. The van der Waals surface area contributed by atoms with Gasteiger partial charge in [-0.15, -0.1) is 10.2 Å². The number of aliphatic hydroxyl groups is 1. The number of anilines is 1. The highest BCUT2D eigenvalue weighted by molar-refractivity contribution is 8.00. The van der Waals surface area contributed by atoms with E-state index in [2.05, 4.69) is 34.5 Å². The number of carbonyl (C=O) groups is 2. The summed E-state index contributed by atoms with van der Waals surface area (Å²) in [5.41, 5.74) is 4.25. The fourth-order valence-electron chi connectivity index (χ4n) is 4.93. The topological polar surface area (TPSA) is 92.6 Å². The standard InChI is InChI=1S/C30H24ClN3O4S2/c1-16-6-8-18(9-7-16)15-39-30-33-32-29(40-30)34-25(19-4-3-5-22(31)14-19)24(27(36)28(34)37)26(35)20-10-11-23-21(13-20)12-17(2)38-23/h3-11,13-14,17,25,35H,12,15H2,1-2H3/t17-,25-/m0/s1. The number of carbonyl (C=O) groups excluding carboxylic acids is 2. The van der Waals surface area contributed by atoms with Gasteiger partial charge in [0.25, 0.3) is 5.78 Å². The van der Waals surface area contributed by atoms with E-state index >= 15 is 0 Å². The van der Waals surface area contributed by atoms with Gasteiger partial charge in [-0.25, -0.2) is 0 Å². The summed E-state index contributed by atoms with van der Waals surface area (Å²) in [6, 6.07) is 19.5. The van der Waals surface area contributed by atoms with Gasteiger partial charge in [0.2, 0.25) is 5.13 Å². The van der Waals surface area contributed by atoms with Gasteiger partial charge in [-0.05, 0) is 60.9 Å². The first-order valence-electron chi connectivity index (χ1n) is 12.7. The van der Waals surface area contributed by atoms with E-state index < -0.39 is 17.7 Å². The number of hydrogen-bond donors (Lipinski definition) is 1. The Balaban J connectivity index is 1.38.